The highest BCUT2D eigenvalue weighted by atomic mass is 16.5. The summed E-state index contributed by atoms with van der Waals surface area (Å²) in [5, 5.41) is 3.09. The summed E-state index contributed by atoms with van der Waals surface area (Å²) in [6.45, 7) is 2.26. The van der Waals surface area contributed by atoms with Crippen molar-refractivity contribution in [1.82, 2.24) is 10.2 Å². The molecule has 2 aromatic rings. The van der Waals surface area contributed by atoms with Crippen molar-refractivity contribution in [3.8, 4) is 16.9 Å². The molecule has 1 heterocycles. The smallest absolute Gasteiger partial charge is 0.252 e. The third-order valence-corrected chi connectivity index (χ3v) is 5.42. The van der Waals surface area contributed by atoms with Gasteiger partial charge in [0.15, 0.2) is 5.60 Å². The van der Waals surface area contributed by atoms with Crippen LogP contribution in [0.4, 0.5) is 0 Å². The highest BCUT2D eigenvalue weighted by Crippen LogP contribution is 2.33. The average Bonchev–Trinajstić information content (AvgIpc) is 3.20. The Kier molecular flexibility index (Phi) is 7.29. The normalized spacial score (nSPS) is 18.8. The maximum Gasteiger partial charge on any atom is 0.252 e. The van der Waals surface area contributed by atoms with Gasteiger partial charge in [-0.25, -0.2) is 0 Å². The molecule has 0 radical (unpaired) electrons. The van der Waals surface area contributed by atoms with Gasteiger partial charge in [0, 0.05) is 25.1 Å². The van der Waals surface area contributed by atoms with Gasteiger partial charge >= 0.3 is 0 Å². The van der Waals surface area contributed by atoms with Crippen LogP contribution >= 0.6 is 0 Å². The summed E-state index contributed by atoms with van der Waals surface area (Å²) in [6.07, 6.45) is 3.18. The Morgan fingerprint density at radius 3 is 2.76 bits per heavy atom. The number of carbonyl (C=O) groups is 1. The second-order valence-electron chi connectivity index (χ2n) is 7.94. The van der Waals surface area contributed by atoms with Crippen LogP contribution in [0.25, 0.3) is 11.1 Å². The lowest BCUT2D eigenvalue weighted by molar-refractivity contribution is -0.141. The molecule has 0 bridgehead atoms. The van der Waals surface area contributed by atoms with Crippen molar-refractivity contribution in [2.24, 2.45) is 0 Å². The fraction of sp³-hybridized carbons (Fsp3) is 0.458. The van der Waals surface area contributed by atoms with Crippen LogP contribution in [0.1, 0.15) is 24.8 Å². The van der Waals surface area contributed by atoms with E-state index in [4.69, 9.17) is 9.47 Å². The number of nitrogens with zero attached hydrogens (tertiary/aromatic N) is 1. The van der Waals surface area contributed by atoms with Crippen LogP contribution in [-0.4, -0.2) is 57.3 Å². The van der Waals surface area contributed by atoms with Crippen LogP contribution in [0.2, 0.25) is 0 Å². The van der Waals surface area contributed by atoms with Gasteiger partial charge in [0.2, 0.25) is 0 Å². The number of hydrogen-bond donors (Lipinski definition) is 1. The van der Waals surface area contributed by atoms with E-state index in [1.165, 1.54) is 0 Å². The molecule has 1 unspecified atom stereocenters. The first-order valence-electron chi connectivity index (χ1n) is 10.3. The summed E-state index contributed by atoms with van der Waals surface area (Å²) in [7, 11) is 5.76. The number of benzene rings is 2. The second kappa shape index (κ2) is 9.90. The quantitative estimate of drug-likeness (QED) is 0.659. The lowest BCUT2D eigenvalue weighted by Crippen LogP contribution is -2.48. The van der Waals surface area contributed by atoms with Gasteiger partial charge in [0.1, 0.15) is 5.75 Å². The number of para-hydroxylation sites is 1. The monoisotopic (exact) mass is 396 g/mol. The first-order valence-corrected chi connectivity index (χ1v) is 10.3. The molecule has 29 heavy (non-hydrogen) atoms. The fourth-order valence-corrected chi connectivity index (χ4v) is 3.92. The minimum Gasteiger partial charge on any atom is -0.496 e. The molecule has 156 valence electrons. The van der Waals surface area contributed by atoms with Crippen molar-refractivity contribution in [2.45, 2.75) is 31.3 Å². The lowest BCUT2D eigenvalue weighted by Gasteiger charge is -2.27. The number of methoxy groups -OCH3 is 1. The van der Waals surface area contributed by atoms with E-state index in [-0.39, 0.29) is 5.91 Å². The molecule has 2 aromatic carbocycles. The van der Waals surface area contributed by atoms with Gasteiger partial charge < -0.3 is 19.7 Å². The molecule has 1 saturated heterocycles. The topological polar surface area (TPSA) is 50.8 Å². The summed E-state index contributed by atoms with van der Waals surface area (Å²) in [5.41, 5.74) is 2.46. The van der Waals surface area contributed by atoms with Crippen LogP contribution in [-0.2, 0) is 16.0 Å². The third-order valence-electron chi connectivity index (χ3n) is 5.42. The van der Waals surface area contributed by atoms with Crippen molar-refractivity contribution >= 4 is 5.91 Å². The van der Waals surface area contributed by atoms with Gasteiger partial charge in [0.25, 0.3) is 5.91 Å². The molecule has 0 aromatic heterocycles. The molecule has 5 nitrogen and oxygen atoms in total. The zero-order chi connectivity index (χ0) is 20.7. The van der Waals surface area contributed by atoms with Gasteiger partial charge in [0.05, 0.1) is 7.11 Å². The first kappa shape index (κ1) is 21.3. The Labute approximate surface area is 174 Å². The summed E-state index contributed by atoms with van der Waals surface area (Å²) < 4.78 is 11.5. The van der Waals surface area contributed by atoms with Crippen LogP contribution in [0.5, 0.6) is 5.75 Å². The van der Waals surface area contributed by atoms with E-state index in [2.05, 4.69) is 34.5 Å². The van der Waals surface area contributed by atoms with E-state index in [9.17, 15) is 4.79 Å². The molecule has 3 rings (SSSR count). The van der Waals surface area contributed by atoms with Crippen molar-refractivity contribution < 1.29 is 14.3 Å². The van der Waals surface area contributed by atoms with Crippen molar-refractivity contribution in [2.75, 3.05) is 40.9 Å². The number of nitrogens with one attached hydrogen (secondary N) is 1. The highest BCUT2D eigenvalue weighted by molar-refractivity contribution is 5.86. The van der Waals surface area contributed by atoms with E-state index in [0.29, 0.717) is 19.6 Å². The van der Waals surface area contributed by atoms with Gasteiger partial charge in [-0.1, -0.05) is 42.5 Å². The molecule has 0 aliphatic carbocycles. The lowest BCUT2D eigenvalue weighted by atomic mass is 9.89. The molecule has 1 aliphatic rings. The Hall–Kier alpha value is -2.37. The van der Waals surface area contributed by atoms with Gasteiger partial charge in [-0.3, -0.25) is 4.79 Å². The fourth-order valence-electron chi connectivity index (χ4n) is 3.92. The predicted octanol–water partition coefficient (Wildman–Crippen LogP) is 3.52. The maximum absolute atomic E-state index is 13.0. The summed E-state index contributed by atoms with van der Waals surface area (Å²) in [4.78, 5) is 15.1. The molecule has 0 spiro atoms. The summed E-state index contributed by atoms with van der Waals surface area (Å²) >= 11 is 0. The average molecular weight is 397 g/mol. The molecule has 0 saturated carbocycles. The van der Waals surface area contributed by atoms with E-state index in [1.54, 1.807) is 7.11 Å². The zero-order valence-electron chi connectivity index (χ0n) is 17.7. The molecular weight excluding hydrogens is 364 g/mol. The first-order chi connectivity index (χ1) is 14.0. The minimum absolute atomic E-state index is 0.0106. The van der Waals surface area contributed by atoms with Gasteiger partial charge in [-0.05, 0) is 57.1 Å². The third kappa shape index (κ3) is 5.37. The van der Waals surface area contributed by atoms with E-state index < -0.39 is 5.60 Å². The summed E-state index contributed by atoms with van der Waals surface area (Å²) in [5.74, 6) is 0.853. The van der Waals surface area contributed by atoms with E-state index in [0.717, 1.165) is 48.2 Å². The minimum atomic E-state index is -0.766. The number of amides is 1. The Morgan fingerprint density at radius 2 is 2.03 bits per heavy atom. The highest BCUT2D eigenvalue weighted by Gasteiger charge is 2.42. The number of rotatable bonds is 9. The standard InChI is InChI=1S/C24H32N2O3/c1-26(2)15-8-14-25-23(27)24(13-7-16-29-24)18-19-9-6-10-20(17-19)21-11-4-5-12-22(21)28-3/h4-6,9-12,17H,7-8,13-16,18H2,1-3H3,(H,25,27). The predicted molar refractivity (Wildman–Crippen MR) is 116 cm³/mol. The molecule has 1 fully saturated rings. The van der Waals surface area contributed by atoms with Crippen LogP contribution in [0, 0.1) is 0 Å². The molecular formula is C24H32N2O3. The van der Waals surface area contributed by atoms with Crippen molar-refractivity contribution in [3.63, 3.8) is 0 Å². The number of hydrogen-bond acceptors (Lipinski definition) is 4. The Bertz CT molecular complexity index is 813. The molecule has 1 amide bonds. The summed E-state index contributed by atoms with van der Waals surface area (Å²) in [6, 6.07) is 16.3. The van der Waals surface area contributed by atoms with Crippen molar-refractivity contribution in [1.29, 1.82) is 0 Å². The van der Waals surface area contributed by atoms with Gasteiger partial charge in [-0.15, -0.1) is 0 Å². The zero-order valence-corrected chi connectivity index (χ0v) is 17.7. The Morgan fingerprint density at radius 1 is 1.21 bits per heavy atom. The van der Waals surface area contributed by atoms with Crippen molar-refractivity contribution in [3.05, 3.63) is 54.1 Å². The van der Waals surface area contributed by atoms with E-state index in [1.807, 2.05) is 38.4 Å². The van der Waals surface area contributed by atoms with E-state index >= 15 is 0 Å². The Balaban J connectivity index is 1.75. The van der Waals surface area contributed by atoms with Gasteiger partial charge in [-0.2, -0.15) is 0 Å². The number of ether oxygens (including phenoxy) is 2. The second-order valence-corrected chi connectivity index (χ2v) is 7.94. The largest absolute Gasteiger partial charge is 0.496 e. The molecule has 5 heteroatoms. The molecule has 1 atom stereocenters. The number of carbonyl (C=O) groups excluding carboxylic acids is 1. The van der Waals surface area contributed by atoms with Crippen LogP contribution in [0.3, 0.4) is 0 Å². The maximum atomic E-state index is 13.0. The molecule has 1 aliphatic heterocycles. The van der Waals surface area contributed by atoms with Crippen LogP contribution < -0.4 is 10.1 Å². The molecule has 1 N–H and O–H groups in total. The SMILES string of the molecule is COc1ccccc1-c1cccc(CC2(C(=O)NCCCN(C)C)CCCO2)c1. The van der Waals surface area contributed by atoms with Crippen LogP contribution in [0.15, 0.2) is 48.5 Å².